The zero-order chi connectivity index (χ0) is 16.8. The van der Waals surface area contributed by atoms with Gasteiger partial charge in [0.2, 0.25) is 0 Å². The molecule has 2 unspecified atom stereocenters. The molecule has 1 amide bonds. The molecule has 0 spiro atoms. The third kappa shape index (κ3) is 6.94. The molecule has 0 aromatic carbocycles. The van der Waals surface area contributed by atoms with Gasteiger partial charge in [0, 0.05) is 38.4 Å². The van der Waals surface area contributed by atoms with Gasteiger partial charge in [0.15, 0.2) is 0 Å². The molecule has 1 saturated heterocycles. The number of rotatable bonds is 6. The summed E-state index contributed by atoms with van der Waals surface area (Å²) in [6.07, 6.45) is 1.79. The normalized spacial score (nSPS) is 19.8. The van der Waals surface area contributed by atoms with E-state index in [1.54, 1.807) is 0 Å². The Labute approximate surface area is 134 Å². The van der Waals surface area contributed by atoms with E-state index >= 15 is 0 Å². The molecule has 6 nitrogen and oxygen atoms in total. The Bertz CT molecular complexity index is 338. The number of nitrogens with one attached hydrogen (secondary N) is 1. The average molecular weight is 315 g/mol. The lowest BCUT2D eigenvalue weighted by molar-refractivity contribution is 0.0408. The summed E-state index contributed by atoms with van der Waals surface area (Å²) in [4.78, 5) is 14.1. The summed E-state index contributed by atoms with van der Waals surface area (Å²) in [5.74, 6) is 0.640. The van der Waals surface area contributed by atoms with Gasteiger partial charge >= 0.3 is 6.09 Å². The zero-order valence-corrected chi connectivity index (χ0v) is 14.7. The molecule has 1 fully saturated rings. The van der Waals surface area contributed by atoms with E-state index in [1.165, 1.54) is 0 Å². The summed E-state index contributed by atoms with van der Waals surface area (Å²) in [5.41, 5.74) is 5.43. The van der Waals surface area contributed by atoms with Gasteiger partial charge in [-0.1, -0.05) is 0 Å². The molecule has 1 aliphatic rings. The fourth-order valence-corrected chi connectivity index (χ4v) is 2.83. The van der Waals surface area contributed by atoms with Crippen LogP contribution in [0.4, 0.5) is 4.79 Å². The van der Waals surface area contributed by atoms with E-state index in [0.717, 1.165) is 32.6 Å². The van der Waals surface area contributed by atoms with Crippen LogP contribution in [0.5, 0.6) is 0 Å². The molecule has 6 heteroatoms. The smallest absolute Gasteiger partial charge is 0.407 e. The maximum atomic E-state index is 11.9. The van der Waals surface area contributed by atoms with Crippen molar-refractivity contribution in [3.63, 3.8) is 0 Å². The molecule has 0 aromatic rings. The van der Waals surface area contributed by atoms with Crippen LogP contribution in [-0.2, 0) is 9.47 Å². The molecule has 2 atom stereocenters. The van der Waals surface area contributed by atoms with E-state index in [1.807, 2.05) is 27.7 Å². The van der Waals surface area contributed by atoms with Crippen LogP contribution in [0.3, 0.4) is 0 Å². The molecule has 1 rings (SSSR count). The first-order chi connectivity index (χ1) is 10.2. The van der Waals surface area contributed by atoms with Gasteiger partial charge in [0.05, 0.1) is 0 Å². The van der Waals surface area contributed by atoms with Gasteiger partial charge in [-0.15, -0.1) is 0 Å². The number of hydrogen-bond acceptors (Lipinski definition) is 5. The summed E-state index contributed by atoms with van der Waals surface area (Å²) in [6, 6.07) is 0.0278. The van der Waals surface area contributed by atoms with Crippen molar-refractivity contribution in [1.29, 1.82) is 0 Å². The first kappa shape index (κ1) is 19.2. The van der Waals surface area contributed by atoms with Crippen LogP contribution in [0.1, 0.15) is 40.5 Å². The number of carbonyl (C=O) groups is 1. The second-order valence-corrected chi connectivity index (χ2v) is 7.23. The number of nitrogens with two attached hydrogens (primary N) is 1. The molecular weight excluding hydrogens is 282 g/mol. The number of nitrogens with zero attached hydrogens (tertiary/aromatic N) is 1. The largest absolute Gasteiger partial charge is 0.444 e. The van der Waals surface area contributed by atoms with Gasteiger partial charge in [-0.3, -0.25) is 4.90 Å². The highest BCUT2D eigenvalue weighted by molar-refractivity contribution is 5.68. The second-order valence-electron chi connectivity index (χ2n) is 7.23. The van der Waals surface area contributed by atoms with Crippen molar-refractivity contribution in [3.8, 4) is 0 Å². The fraction of sp³-hybridized carbons (Fsp3) is 0.938. The number of amides is 1. The summed E-state index contributed by atoms with van der Waals surface area (Å²) in [7, 11) is 2.07. The molecule has 0 aliphatic carbocycles. The quantitative estimate of drug-likeness (QED) is 0.778. The predicted molar refractivity (Wildman–Crippen MR) is 87.8 cm³/mol. The Morgan fingerprint density at radius 3 is 2.50 bits per heavy atom. The first-order valence-corrected chi connectivity index (χ1v) is 8.20. The fourth-order valence-electron chi connectivity index (χ4n) is 2.83. The van der Waals surface area contributed by atoms with Crippen LogP contribution in [0.15, 0.2) is 0 Å². The van der Waals surface area contributed by atoms with Crippen LogP contribution in [0.2, 0.25) is 0 Å². The predicted octanol–water partition coefficient (Wildman–Crippen LogP) is 1.59. The topological polar surface area (TPSA) is 76.8 Å². The Kier molecular flexibility index (Phi) is 7.59. The van der Waals surface area contributed by atoms with E-state index in [-0.39, 0.29) is 12.1 Å². The third-order valence-corrected chi connectivity index (χ3v) is 4.02. The number of carbonyl (C=O) groups excluding carboxylic acids is 1. The van der Waals surface area contributed by atoms with Crippen molar-refractivity contribution in [2.24, 2.45) is 11.7 Å². The molecular formula is C16H33N3O3. The minimum Gasteiger partial charge on any atom is -0.444 e. The number of hydrogen-bond donors (Lipinski definition) is 2. The maximum Gasteiger partial charge on any atom is 0.407 e. The van der Waals surface area contributed by atoms with Crippen LogP contribution in [0, 0.1) is 5.92 Å². The Morgan fingerprint density at radius 2 is 2.00 bits per heavy atom. The van der Waals surface area contributed by atoms with Crippen molar-refractivity contribution in [1.82, 2.24) is 10.2 Å². The minimum atomic E-state index is -0.490. The van der Waals surface area contributed by atoms with Gasteiger partial charge in [-0.05, 0) is 53.5 Å². The highest BCUT2D eigenvalue weighted by atomic mass is 16.6. The molecule has 0 radical (unpaired) electrons. The van der Waals surface area contributed by atoms with E-state index in [4.69, 9.17) is 15.2 Å². The summed E-state index contributed by atoms with van der Waals surface area (Å²) in [6.45, 7) is 10.7. The van der Waals surface area contributed by atoms with E-state index in [2.05, 4.69) is 17.3 Å². The molecule has 0 saturated carbocycles. The molecule has 0 bridgehead atoms. The van der Waals surface area contributed by atoms with Crippen LogP contribution >= 0.6 is 0 Å². The summed E-state index contributed by atoms with van der Waals surface area (Å²) >= 11 is 0. The number of likely N-dealkylation sites (N-methyl/N-ethyl adjacent to an activating group) is 1. The average Bonchev–Trinajstić information content (AvgIpc) is 2.38. The summed E-state index contributed by atoms with van der Waals surface area (Å²) < 4.78 is 10.7. The Morgan fingerprint density at radius 1 is 1.41 bits per heavy atom. The highest BCUT2D eigenvalue weighted by Gasteiger charge is 2.26. The highest BCUT2D eigenvalue weighted by Crippen LogP contribution is 2.17. The van der Waals surface area contributed by atoms with E-state index < -0.39 is 11.7 Å². The molecule has 3 N–H and O–H groups in total. The summed E-state index contributed by atoms with van der Waals surface area (Å²) in [5, 5.41) is 2.90. The van der Waals surface area contributed by atoms with Gasteiger partial charge in [0.1, 0.15) is 5.60 Å². The molecule has 22 heavy (non-hydrogen) atoms. The lowest BCUT2D eigenvalue weighted by atomic mass is 9.98. The van der Waals surface area contributed by atoms with Gasteiger partial charge in [-0.2, -0.15) is 0 Å². The minimum absolute atomic E-state index is 0.0651. The standard InChI is InChI=1S/C16H33N3O3/c1-12(18-15(20)22-16(2,3)4)14(10-17)19(5)11-13-6-8-21-9-7-13/h12-14H,6-11,17H2,1-5H3,(H,18,20). The first-order valence-electron chi connectivity index (χ1n) is 8.20. The Hall–Kier alpha value is -0.850. The number of alkyl carbamates (subject to hydrolysis) is 1. The van der Waals surface area contributed by atoms with E-state index in [9.17, 15) is 4.79 Å². The molecule has 1 heterocycles. The number of ether oxygens (including phenoxy) is 2. The lowest BCUT2D eigenvalue weighted by Crippen LogP contribution is -2.54. The maximum absolute atomic E-state index is 11.9. The zero-order valence-electron chi connectivity index (χ0n) is 14.7. The Balaban J connectivity index is 2.48. The van der Waals surface area contributed by atoms with Gasteiger partial charge in [0.25, 0.3) is 0 Å². The van der Waals surface area contributed by atoms with Crippen molar-refractivity contribution in [2.45, 2.75) is 58.2 Å². The van der Waals surface area contributed by atoms with Gasteiger partial charge in [-0.25, -0.2) is 4.79 Å². The van der Waals surface area contributed by atoms with Crippen molar-refractivity contribution in [3.05, 3.63) is 0 Å². The van der Waals surface area contributed by atoms with Crippen molar-refractivity contribution >= 4 is 6.09 Å². The molecule has 130 valence electrons. The monoisotopic (exact) mass is 315 g/mol. The van der Waals surface area contributed by atoms with Crippen LogP contribution in [-0.4, -0.2) is 62.0 Å². The van der Waals surface area contributed by atoms with Gasteiger partial charge < -0.3 is 20.5 Å². The third-order valence-electron chi connectivity index (χ3n) is 4.02. The van der Waals surface area contributed by atoms with Crippen molar-refractivity contribution in [2.75, 3.05) is 33.4 Å². The lowest BCUT2D eigenvalue weighted by Gasteiger charge is -2.35. The SMILES string of the molecule is CC(NC(=O)OC(C)(C)C)C(CN)N(C)CC1CCOCC1. The second kappa shape index (κ2) is 8.70. The van der Waals surface area contributed by atoms with Crippen molar-refractivity contribution < 1.29 is 14.3 Å². The molecule has 1 aliphatic heterocycles. The van der Waals surface area contributed by atoms with Crippen LogP contribution in [0.25, 0.3) is 0 Å². The van der Waals surface area contributed by atoms with E-state index in [0.29, 0.717) is 12.5 Å². The van der Waals surface area contributed by atoms with Crippen LogP contribution < -0.4 is 11.1 Å². The molecule has 0 aromatic heterocycles.